The van der Waals surface area contributed by atoms with E-state index in [1.54, 1.807) is 32.4 Å². The summed E-state index contributed by atoms with van der Waals surface area (Å²) in [6, 6.07) is 0. The van der Waals surface area contributed by atoms with E-state index in [9.17, 15) is 4.79 Å². The van der Waals surface area contributed by atoms with Gasteiger partial charge in [-0.25, -0.2) is 4.98 Å². The Morgan fingerprint density at radius 2 is 1.89 bits per heavy atom. The first-order valence-corrected chi connectivity index (χ1v) is 5.99. The Morgan fingerprint density at radius 3 is 2.42 bits per heavy atom. The van der Waals surface area contributed by atoms with Crippen LogP contribution in [-0.4, -0.2) is 68.3 Å². The van der Waals surface area contributed by atoms with Crippen LogP contribution in [0.5, 0.6) is 0 Å². The lowest BCUT2D eigenvalue weighted by Crippen LogP contribution is -2.37. The molecule has 1 aromatic rings. The van der Waals surface area contributed by atoms with Gasteiger partial charge in [0.05, 0.1) is 25.6 Å². The number of amides is 1. The Kier molecular flexibility index (Phi) is 6.76. The number of hydrogen-bond donors (Lipinski definition) is 1. The van der Waals surface area contributed by atoms with Crippen LogP contribution in [0.25, 0.3) is 0 Å². The lowest BCUT2D eigenvalue weighted by atomic mass is 10.3. The number of nitrogens with one attached hydrogen (secondary N) is 1. The molecular weight excluding hydrogens is 248 g/mol. The minimum absolute atomic E-state index is 0.182. The summed E-state index contributed by atoms with van der Waals surface area (Å²) in [5, 5.41) is 2.85. The first kappa shape index (κ1) is 15.3. The fraction of sp³-hybridized carbons (Fsp3) is 0.583. The molecule has 1 N–H and O–H groups in total. The maximum atomic E-state index is 12.3. The number of nitrogens with zero attached hydrogens (tertiary/aromatic N) is 3. The van der Waals surface area contributed by atoms with Gasteiger partial charge in [-0.1, -0.05) is 0 Å². The monoisotopic (exact) mass is 268 g/mol. The number of ether oxygens (including phenoxy) is 2. The fourth-order valence-electron chi connectivity index (χ4n) is 1.47. The molecule has 0 aliphatic carbocycles. The molecule has 0 radical (unpaired) electrons. The molecule has 0 aliphatic rings. The van der Waals surface area contributed by atoms with Gasteiger partial charge in [-0.3, -0.25) is 9.78 Å². The molecule has 0 atom stereocenters. The zero-order valence-corrected chi connectivity index (χ0v) is 11.5. The summed E-state index contributed by atoms with van der Waals surface area (Å²) < 4.78 is 10.0. The van der Waals surface area contributed by atoms with Crippen molar-refractivity contribution < 1.29 is 14.3 Å². The number of rotatable bonds is 8. The van der Waals surface area contributed by atoms with Crippen molar-refractivity contribution in [1.29, 1.82) is 0 Å². The molecular formula is C12H20N4O3. The first-order valence-electron chi connectivity index (χ1n) is 5.99. The van der Waals surface area contributed by atoms with Crippen LogP contribution in [-0.2, 0) is 9.47 Å². The molecule has 1 amide bonds. The number of carbonyl (C=O) groups excluding carboxylic acids is 1. The van der Waals surface area contributed by atoms with Gasteiger partial charge in [0.25, 0.3) is 5.91 Å². The highest BCUT2D eigenvalue weighted by molar-refractivity contribution is 5.92. The molecule has 0 unspecified atom stereocenters. The molecule has 0 bridgehead atoms. The zero-order valence-electron chi connectivity index (χ0n) is 11.5. The quantitative estimate of drug-likeness (QED) is 0.728. The number of aromatic nitrogens is 2. The van der Waals surface area contributed by atoms with E-state index in [0.29, 0.717) is 37.8 Å². The van der Waals surface area contributed by atoms with Gasteiger partial charge < -0.3 is 19.7 Å². The third kappa shape index (κ3) is 4.80. The Balaban J connectivity index is 2.77. The van der Waals surface area contributed by atoms with Crippen molar-refractivity contribution in [2.45, 2.75) is 0 Å². The van der Waals surface area contributed by atoms with Gasteiger partial charge in [0, 0.05) is 34.4 Å². The van der Waals surface area contributed by atoms with Gasteiger partial charge in [0.15, 0.2) is 0 Å². The van der Waals surface area contributed by atoms with E-state index in [1.807, 2.05) is 0 Å². The number of carbonyl (C=O) groups is 1. The second kappa shape index (κ2) is 8.39. The largest absolute Gasteiger partial charge is 0.383 e. The van der Waals surface area contributed by atoms with Crippen LogP contribution in [0.15, 0.2) is 12.4 Å². The summed E-state index contributed by atoms with van der Waals surface area (Å²) in [6.45, 7) is 1.91. The SMILES string of the molecule is CNc1cncc(C(=O)N(CCOC)CCOC)n1. The summed E-state index contributed by atoms with van der Waals surface area (Å²) >= 11 is 0. The molecule has 0 aliphatic heterocycles. The van der Waals surface area contributed by atoms with Crippen molar-refractivity contribution in [3.63, 3.8) is 0 Å². The topological polar surface area (TPSA) is 76.6 Å². The molecule has 1 heterocycles. The van der Waals surface area contributed by atoms with E-state index in [4.69, 9.17) is 9.47 Å². The van der Waals surface area contributed by atoms with Gasteiger partial charge >= 0.3 is 0 Å². The molecule has 0 saturated heterocycles. The van der Waals surface area contributed by atoms with Crippen molar-refractivity contribution in [3.05, 3.63) is 18.1 Å². The molecule has 7 nitrogen and oxygen atoms in total. The van der Waals surface area contributed by atoms with Crippen LogP contribution in [0.1, 0.15) is 10.5 Å². The maximum absolute atomic E-state index is 12.3. The summed E-state index contributed by atoms with van der Waals surface area (Å²) in [7, 11) is 4.92. The van der Waals surface area contributed by atoms with Crippen molar-refractivity contribution in [1.82, 2.24) is 14.9 Å². The van der Waals surface area contributed by atoms with Gasteiger partial charge in [0.2, 0.25) is 0 Å². The molecule has 0 spiro atoms. The second-order valence-corrected chi connectivity index (χ2v) is 3.82. The average Bonchev–Trinajstić information content (AvgIpc) is 2.47. The average molecular weight is 268 g/mol. The fourth-order valence-corrected chi connectivity index (χ4v) is 1.47. The maximum Gasteiger partial charge on any atom is 0.274 e. The summed E-state index contributed by atoms with van der Waals surface area (Å²) in [6.07, 6.45) is 3.02. The lowest BCUT2D eigenvalue weighted by Gasteiger charge is -2.21. The normalized spacial score (nSPS) is 10.3. The highest BCUT2D eigenvalue weighted by Gasteiger charge is 2.17. The molecule has 1 aromatic heterocycles. The Labute approximate surface area is 112 Å². The van der Waals surface area contributed by atoms with E-state index in [1.165, 1.54) is 6.20 Å². The van der Waals surface area contributed by atoms with Crippen molar-refractivity contribution in [3.8, 4) is 0 Å². The standard InChI is InChI=1S/C12H20N4O3/c1-13-11-9-14-8-10(15-11)12(17)16(4-6-18-2)5-7-19-3/h8-9H,4-7H2,1-3H3,(H,13,15). The van der Waals surface area contributed by atoms with Crippen LogP contribution in [0.3, 0.4) is 0 Å². The minimum Gasteiger partial charge on any atom is -0.383 e. The molecule has 7 heteroatoms. The third-order valence-corrected chi connectivity index (χ3v) is 2.53. The first-order chi connectivity index (χ1) is 9.22. The smallest absolute Gasteiger partial charge is 0.274 e. The van der Waals surface area contributed by atoms with Crippen LogP contribution in [0.4, 0.5) is 5.82 Å². The minimum atomic E-state index is -0.182. The van der Waals surface area contributed by atoms with Crippen molar-refractivity contribution in [2.24, 2.45) is 0 Å². The third-order valence-electron chi connectivity index (χ3n) is 2.53. The second-order valence-electron chi connectivity index (χ2n) is 3.82. The molecule has 0 saturated carbocycles. The van der Waals surface area contributed by atoms with Crippen LogP contribution < -0.4 is 5.32 Å². The highest BCUT2D eigenvalue weighted by atomic mass is 16.5. The Morgan fingerprint density at radius 1 is 1.26 bits per heavy atom. The molecule has 1 rings (SSSR count). The summed E-state index contributed by atoms with van der Waals surface area (Å²) in [4.78, 5) is 22.1. The molecule has 0 fully saturated rings. The van der Waals surface area contributed by atoms with Gasteiger partial charge in [-0.15, -0.1) is 0 Å². The van der Waals surface area contributed by atoms with Crippen molar-refractivity contribution >= 4 is 11.7 Å². The predicted octanol–water partition coefficient (Wildman–Crippen LogP) is 0.253. The van der Waals surface area contributed by atoms with Gasteiger partial charge in [-0.05, 0) is 0 Å². The van der Waals surface area contributed by atoms with Crippen LogP contribution in [0, 0.1) is 0 Å². The van der Waals surface area contributed by atoms with Gasteiger partial charge in [-0.2, -0.15) is 0 Å². The van der Waals surface area contributed by atoms with E-state index >= 15 is 0 Å². The van der Waals surface area contributed by atoms with Crippen LogP contribution >= 0.6 is 0 Å². The molecule has 106 valence electrons. The van der Waals surface area contributed by atoms with Crippen molar-refractivity contribution in [2.75, 3.05) is 52.9 Å². The lowest BCUT2D eigenvalue weighted by molar-refractivity contribution is 0.0621. The number of methoxy groups -OCH3 is 2. The molecule has 19 heavy (non-hydrogen) atoms. The summed E-state index contributed by atoms with van der Waals surface area (Å²) in [5.41, 5.74) is 0.305. The Hall–Kier alpha value is -1.73. The zero-order chi connectivity index (χ0) is 14.1. The highest BCUT2D eigenvalue weighted by Crippen LogP contribution is 2.05. The predicted molar refractivity (Wildman–Crippen MR) is 71.2 cm³/mol. The van der Waals surface area contributed by atoms with E-state index in [-0.39, 0.29) is 5.91 Å². The molecule has 0 aromatic carbocycles. The Bertz CT molecular complexity index is 392. The van der Waals surface area contributed by atoms with E-state index in [0.717, 1.165) is 0 Å². The number of anilines is 1. The van der Waals surface area contributed by atoms with Crippen LogP contribution in [0.2, 0.25) is 0 Å². The summed E-state index contributed by atoms with van der Waals surface area (Å²) in [5.74, 6) is 0.378. The number of hydrogen-bond acceptors (Lipinski definition) is 6. The van der Waals surface area contributed by atoms with E-state index < -0.39 is 0 Å². The van der Waals surface area contributed by atoms with Gasteiger partial charge in [0.1, 0.15) is 11.5 Å². The van der Waals surface area contributed by atoms with E-state index in [2.05, 4.69) is 15.3 Å².